The third kappa shape index (κ3) is 3.62. The lowest BCUT2D eigenvalue weighted by molar-refractivity contribution is -0.121. The Morgan fingerprint density at radius 1 is 1.38 bits per heavy atom. The molecule has 1 aliphatic rings. The zero-order chi connectivity index (χ0) is 18.3. The molecule has 1 heterocycles. The molecule has 0 aromatic heterocycles. The Kier molecular flexibility index (Phi) is 7.11. The minimum Gasteiger partial charge on any atom is -0.359 e. The van der Waals surface area contributed by atoms with E-state index in [9.17, 15) is 14.4 Å². The molecule has 5 heteroatoms. The molecule has 1 atom stereocenters. The highest BCUT2D eigenvalue weighted by atomic mass is 16.2. The number of anilines is 1. The first kappa shape index (κ1) is 19.4. The third-order valence-corrected chi connectivity index (χ3v) is 3.77. The maximum Gasteiger partial charge on any atom is 0.259 e. The fourth-order valence-electron chi connectivity index (χ4n) is 2.61. The second-order valence-corrected chi connectivity index (χ2v) is 5.01. The highest BCUT2D eigenvalue weighted by molar-refractivity contribution is 6.33. The number of carbonyl (C=O) groups excluding carboxylic acids is 3. The third-order valence-electron chi connectivity index (χ3n) is 3.77. The summed E-state index contributed by atoms with van der Waals surface area (Å²) < 4.78 is 0. The maximum atomic E-state index is 12.5. The number of hydrogen-bond donors (Lipinski definition) is 1. The molecule has 0 bridgehead atoms. The average molecular weight is 328 g/mol. The fourth-order valence-corrected chi connectivity index (χ4v) is 2.61. The first-order chi connectivity index (χ1) is 11.5. The quantitative estimate of drug-likeness (QED) is 0.645. The Labute approximate surface area is 143 Å². The van der Waals surface area contributed by atoms with E-state index in [4.69, 9.17) is 0 Å². The van der Waals surface area contributed by atoms with Gasteiger partial charge in [-0.25, -0.2) is 0 Å². The smallest absolute Gasteiger partial charge is 0.259 e. The van der Waals surface area contributed by atoms with E-state index >= 15 is 0 Å². The molecule has 5 nitrogen and oxygen atoms in total. The molecule has 1 aliphatic heterocycles. The van der Waals surface area contributed by atoms with Gasteiger partial charge in [0.1, 0.15) is 6.29 Å². The van der Waals surface area contributed by atoms with Crippen LogP contribution in [0.25, 0.3) is 11.6 Å². The minimum atomic E-state index is -0.692. The molecule has 2 amide bonds. The van der Waals surface area contributed by atoms with Crippen molar-refractivity contribution in [3.05, 3.63) is 42.5 Å². The lowest BCUT2D eigenvalue weighted by Gasteiger charge is -2.23. The number of rotatable bonds is 6. The Morgan fingerprint density at radius 2 is 2.04 bits per heavy atom. The molecule has 24 heavy (non-hydrogen) atoms. The average Bonchev–Trinajstić information content (AvgIpc) is 2.89. The van der Waals surface area contributed by atoms with Gasteiger partial charge in [-0.05, 0) is 18.1 Å². The van der Waals surface area contributed by atoms with Gasteiger partial charge in [0.25, 0.3) is 5.91 Å². The summed E-state index contributed by atoms with van der Waals surface area (Å²) in [6.07, 6.45) is 2.79. The number of amides is 2. The molecule has 0 saturated heterocycles. The van der Waals surface area contributed by atoms with Crippen molar-refractivity contribution in [2.24, 2.45) is 0 Å². The predicted octanol–water partition coefficient (Wildman–Crippen LogP) is 2.81. The van der Waals surface area contributed by atoms with Gasteiger partial charge in [-0.1, -0.05) is 45.2 Å². The summed E-state index contributed by atoms with van der Waals surface area (Å²) in [6, 6.07) is 4.72. The normalized spacial score (nSPS) is 13.5. The van der Waals surface area contributed by atoms with E-state index in [1.807, 2.05) is 19.9 Å². The summed E-state index contributed by atoms with van der Waals surface area (Å²) >= 11 is 0. The SMILES string of the molecule is C=Cc1cccc2c1C(=C)C(=O)N2C(C=O)CCC(=O)NC.CC. The van der Waals surface area contributed by atoms with Crippen LogP contribution in [0.5, 0.6) is 0 Å². The number of carbonyl (C=O) groups is 3. The number of nitrogens with one attached hydrogen (secondary N) is 1. The van der Waals surface area contributed by atoms with Crippen molar-refractivity contribution in [1.82, 2.24) is 5.32 Å². The van der Waals surface area contributed by atoms with Crippen molar-refractivity contribution < 1.29 is 14.4 Å². The monoisotopic (exact) mass is 328 g/mol. The van der Waals surface area contributed by atoms with Crippen LogP contribution in [0.15, 0.2) is 31.4 Å². The van der Waals surface area contributed by atoms with Crippen LogP contribution in [0, 0.1) is 0 Å². The minimum absolute atomic E-state index is 0.169. The van der Waals surface area contributed by atoms with Crippen molar-refractivity contribution in [3.8, 4) is 0 Å². The van der Waals surface area contributed by atoms with Gasteiger partial charge < -0.3 is 10.1 Å². The summed E-state index contributed by atoms with van der Waals surface area (Å²) in [7, 11) is 1.53. The summed E-state index contributed by atoms with van der Waals surface area (Å²) in [6.45, 7) is 11.6. The molecule has 1 aromatic rings. The maximum absolute atomic E-state index is 12.5. The van der Waals surface area contributed by atoms with E-state index in [-0.39, 0.29) is 24.7 Å². The second-order valence-electron chi connectivity index (χ2n) is 5.01. The highest BCUT2D eigenvalue weighted by Gasteiger charge is 2.36. The van der Waals surface area contributed by atoms with E-state index in [0.29, 0.717) is 23.1 Å². The summed E-state index contributed by atoms with van der Waals surface area (Å²) in [5.74, 6) is -0.476. The topological polar surface area (TPSA) is 66.5 Å². The van der Waals surface area contributed by atoms with Crippen LogP contribution in [-0.4, -0.2) is 31.2 Å². The molecule has 0 aliphatic carbocycles. The molecular weight excluding hydrogens is 304 g/mol. The predicted molar refractivity (Wildman–Crippen MR) is 97.6 cm³/mol. The molecule has 0 fully saturated rings. The van der Waals surface area contributed by atoms with Crippen molar-refractivity contribution >= 4 is 35.4 Å². The van der Waals surface area contributed by atoms with Crippen LogP contribution in [0.1, 0.15) is 37.8 Å². The van der Waals surface area contributed by atoms with Gasteiger partial charge in [0, 0.05) is 24.6 Å². The van der Waals surface area contributed by atoms with Crippen LogP contribution in [0.2, 0.25) is 0 Å². The van der Waals surface area contributed by atoms with Crippen molar-refractivity contribution in [3.63, 3.8) is 0 Å². The Bertz CT molecular complexity index is 665. The van der Waals surface area contributed by atoms with E-state index in [1.165, 1.54) is 11.9 Å². The zero-order valence-electron chi connectivity index (χ0n) is 14.5. The lowest BCUT2D eigenvalue weighted by Crippen LogP contribution is -2.39. The van der Waals surface area contributed by atoms with Crippen LogP contribution >= 0.6 is 0 Å². The number of nitrogens with zero attached hydrogens (tertiary/aromatic N) is 1. The van der Waals surface area contributed by atoms with Gasteiger partial charge in [0.15, 0.2) is 0 Å². The van der Waals surface area contributed by atoms with Gasteiger partial charge in [-0.3, -0.25) is 14.5 Å². The molecule has 1 N–H and O–H groups in total. The standard InChI is InChI=1S/C17H18N2O3.C2H6/c1-4-12-6-5-7-14-16(12)11(2)17(22)19(14)13(10-20)8-9-15(21)18-3;1-2/h4-7,10,13H,1-2,8-9H2,3H3,(H,18,21);1-2H3. The molecule has 1 unspecified atom stereocenters. The number of aldehydes is 1. The number of hydrogen-bond acceptors (Lipinski definition) is 3. The fraction of sp³-hybridized carbons (Fsp3) is 0.316. The van der Waals surface area contributed by atoms with Gasteiger partial charge in [0.2, 0.25) is 5.91 Å². The van der Waals surface area contributed by atoms with E-state index in [0.717, 1.165) is 5.56 Å². The molecule has 0 radical (unpaired) electrons. The second kappa shape index (κ2) is 8.82. The molecule has 1 aromatic carbocycles. The van der Waals surface area contributed by atoms with Crippen LogP contribution < -0.4 is 10.2 Å². The molecule has 128 valence electrons. The largest absolute Gasteiger partial charge is 0.359 e. The molecule has 0 spiro atoms. The molecule has 2 rings (SSSR count). The number of fused-ring (bicyclic) bond motifs is 1. The lowest BCUT2D eigenvalue weighted by atomic mass is 10.0. The van der Waals surface area contributed by atoms with Crippen LogP contribution in [0.3, 0.4) is 0 Å². The number of benzene rings is 1. The van der Waals surface area contributed by atoms with Crippen LogP contribution in [0.4, 0.5) is 5.69 Å². The zero-order valence-corrected chi connectivity index (χ0v) is 14.5. The van der Waals surface area contributed by atoms with Crippen molar-refractivity contribution in [2.75, 3.05) is 11.9 Å². The van der Waals surface area contributed by atoms with E-state index in [2.05, 4.69) is 18.5 Å². The van der Waals surface area contributed by atoms with Gasteiger partial charge in [-0.15, -0.1) is 0 Å². The first-order valence-electron chi connectivity index (χ1n) is 7.99. The van der Waals surface area contributed by atoms with Gasteiger partial charge in [0.05, 0.1) is 11.7 Å². The van der Waals surface area contributed by atoms with Crippen molar-refractivity contribution in [1.29, 1.82) is 0 Å². The molecular formula is C19H24N2O3. The highest BCUT2D eigenvalue weighted by Crippen LogP contribution is 2.40. The van der Waals surface area contributed by atoms with Crippen molar-refractivity contribution in [2.45, 2.75) is 32.7 Å². The molecule has 0 saturated carbocycles. The summed E-state index contributed by atoms with van der Waals surface area (Å²) in [4.78, 5) is 36.7. The van der Waals surface area contributed by atoms with Gasteiger partial charge >= 0.3 is 0 Å². The van der Waals surface area contributed by atoms with Gasteiger partial charge in [-0.2, -0.15) is 0 Å². The van der Waals surface area contributed by atoms with Crippen LogP contribution in [-0.2, 0) is 14.4 Å². The first-order valence-corrected chi connectivity index (χ1v) is 7.99. The summed E-state index contributed by atoms with van der Waals surface area (Å²) in [5.41, 5.74) is 2.49. The van der Waals surface area contributed by atoms with E-state index in [1.54, 1.807) is 18.2 Å². The Balaban J connectivity index is 0.00000139. The van der Waals surface area contributed by atoms with E-state index < -0.39 is 6.04 Å². The summed E-state index contributed by atoms with van der Waals surface area (Å²) in [5, 5.41) is 2.50. The Morgan fingerprint density at radius 3 is 2.58 bits per heavy atom. The Hall–Kier alpha value is -2.69.